The zero-order chi connectivity index (χ0) is 16.6. The molecular weight excluding hydrogens is 310 g/mol. The first kappa shape index (κ1) is 15.8. The summed E-state index contributed by atoms with van der Waals surface area (Å²) in [6.07, 6.45) is 0.948. The molecule has 0 saturated heterocycles. The number of aryl methyl sites for hydroxylation is 2. The maximum Gasteiger partial charge on any atom is 0.194 e. The van der Waals surface area contributed by atoms with E-state index in [1.807, 2.05) is 18.2 Å². The second-order valence-electron chi connectivity index (χ2n) is 5.25. The molecule has 0 aliphatic carbocycles. The van der Waals surface area contributed by atoms with Crippen LogP contribution in [0.4, 0.5) is 0 Å². The average molecular weight is 331 g/mol. The van der Waals surface area contributed by atoms with Gasteiger partial charge in [-0.1, -0.05) is 6.92 Å². The molecule has 23 heavy (non-hydrogen) atoms. The van der Waals surface area contributed by atoms with Gasteiger partial charge in [-0.15, -0.1) is 11.3 Å². The van der Waals surface area contributed by atoms with Gasteiger partial charge in [-0.3, -0.25) is 4.40 Å². The van der Waals surface area contributed by atoms with Crippen LogP contribution in [0.1, 0.15) is 23.2 Å². The summed E-state index contributed by atoms with van der Waals surface area (Å²) >= 11 is 1.70. The number of aromatic nitrogens is 2. The van der Waals surface area contributed by atoms with Crippen molar-refractivity contribution in [3.05, 3.63) is 34.5 Å². The van der Waals surface area contributed by atoms with Crippen molar-refractivity contribution in [1.82, 2.24) is 9.38 Å². The predicted molar refractivity (Wildman–Crippen MR) is 93.6 cm³/mol. The van der Waals surface area contributed by atoms with Crippen molar-refractivity contribution >= 4 is 16.3 Å². The smallest absolute Gasteiger partial charge is 0.194 e. The highest BCUT2D eigenvalue weighted by Crippen LogP contribution is 2.37. The van der Waals surface area contributed by atoms with Crippen LogP contribution >= 0.6 is 11.3 Å². The highest BCUT2D eigenvalue weighted by atomic mass is 32.1. The van der Waals surface area contributed by atoms with Crippen LogP contribution in [0.15, 0.2) is 18.2 Å². The number of thiazole rings is 1. The van der Waals surface area contributed by atoms with E-state index in [9.17, 15) is 0 Å². The van der Waals surface area contributed by atoms with Crippen molar-refractivity contribution in [2.45, 2.75) is 26.8 Å². The van der Waals surface area contributed by atoms with Crippen molar-refractivity contribution in [3.8, 4) is 22.8 Å². The molecule has 0 radical (unpaired) electrons. The summed E-state index contributed by atoms with van der Waals surface area (Å²) in [5.41, 5.74) is 10.1. The van der Waals surface area contributed by atoms with Crippen LogP contribution in [0.5, 0.6) is 11.5 Å². The van der Waals surface area contributed by atoms with Crippen molar-refractivity contribution in [3.63, 3.8) is 0 Å². The molecule has 3 rings (SSSR count). The Labute approximate surface area is 139 Å². The van der Waals surface area contributed by atoms with Gasteiger partial charge in [0.25, 0.3) is 0 Å². The van der Waals surface area contributed by atoms with Crippen molar-refractivity contribution in [2.75, 3.05) is 14.2 Å². The molecule has 0 bridgehead atoms. The minimum Gasteiger partial charge on any atom is -0.497 e. The van der Waals surface area contributed by atoms with Gasteiger partial charge < -0.3 is 15.2 Å². The third kappa shape index (κ3) is 2.48. The van der Waals surface area contributed by atoms with Crippen molar-refractivity contribution in [2.24, 2.45) is 5.73 Å². The standard InChI is InChI=1S/C17H21N3O2S/c1-5-13-10(2)23-17-19-16(14(9-18)20(13)17)12-8-11(21-3)6-7-15(12)22-4/h6-8H,5,9,18H2,1-4H3. The van der Waals surface area contributed by atoms with E-state index in [2.05, 4.69) is 18.2 Å². The van der Waals surface area contributed by atoms with Crippen molar-refractivity contribution < 1.29 is 9.47 Å². The minimum absolute atomic E-state index is 0.417. The van der Waals surface area contributed by atoms with E-state index in [-0.39, 0.29) is 0 Å². The van der Waals surface area contributed by atoms with E-state index in [0.717, 1.165) is 39.8 Å². The van der Waals surface area contributed by atoms with E-state index >= 15 is 0 Å². The summed E-state index contributed by atoms with van der Waals surface area (Å²) in [6.45, 7) is 4.70. The molecule has 0 saturated carbocycles. The van der Waals surface area contributed by atoms with Crippen LogP contribution < -0.4 is 15.2 Å². The molecule has 0 fully saturated rings. The third-order valence-electron chi connectivity index (χ3n) is 4.05. The fraction of sp³-hybridized carbons (Fsp3) is 0.353. The highest BCUT2D eigenvalue weighted by Gasteiger charge is 2.21. The topological polar surface area (TPSA) is 61.8 Å². The van der Waals surface area contributed by atoms with Gasteiger partial charge in [-0.2, -0.15) is 0 Å². The minimum atomic E-state index is 0.417. The highest BCUT2D eigenvalue weighted by molar-refractivity contribution is 7.17. The Bertz CT molecular complexity index is 851. The Morgan fingerprint density at radius 1 is 1.22 bits per heavy atom. The summed E-state index contributed by atoms with van der Waals surface area (Å²) in [7, 11) is 3.31. The SMILES string of the molecule is CCc1c(C)sc2nc(-c3cc(OC)ccc3OC)c(CN)n12. The maximum atomic E-state index is 6.07. The molecule has 5 nitrogen and oxygen atoms in total. The molecular formula is C17H21N3O2S. The van der Waals surface area contributed by atoms with Gasteiger partial charge in [-0.25, -0.2) is 4.98 Å². The van der Waals surface area contributed by atoms with E-state index in [1.54, 1.807) is 25.6 Å². The molecule has 0 spiro atoms. The normalized spacial score (nSPS) is 11.2. The van der Waals surface area contributed by atoms with E-state index in [0.29, 0.717) is 6.54 Å². The molecule has 2 aromatic heterocycles. The second kappa shape index (κ2) is 6.22. The number of benzene rings is 1. The fourth-order valence-corrected chi connectivity index (χ4v) is 4.02. The first-order valence-corrected chi connectivity index (χ1v) is 8.38. The van der Waals surface area contributed by atoms with Crippen LogP contribution in [0.2, 0.25) is 0 Å². The molecule has 0 aliphatic rings. The number of methoxy groups -OCH3 is 2. The summed E-state index contributed by atoms with van der Waals surface area (Å²) in [5.74, 6) is 1.54. The van der Waals surface area contributed by atoms with Crippen LogP contribution in [-0.4, -0.2) is 23.6 Å². The number of imidazole rings is 1. The van der Waals surface area contributed by atoms with Gasteiger partial charge >= 0.3 is 0 Å². The number of fused-ring (bicyclic) bond motifs is 1. The van der Waals surface area contributed by atoms with Crippen LogP contribution in [0, 0.1) is 6.92 Å². The Kier molecular flexibility index (Phi) is 4.28. The van der Waals surface area contributed by atoms with Gasteiger partial charge in [0.05, 0.1) is 25.6 Å². The third-order valence-corrected chi connectivity index (χ3v) is 5.05. The Balaban J connectivity index is 2.30. The Hall–Kier alpha value is -2.05. The van der Waals surface area contributed by atoms with Gasteiger partial charge in [0.2, 0.25) is 0 Å². The zero-order valence-electron chi connectivity index (χ0n) is 13.8. The van der Waals surface area contributed by atoms with E-state index in [4.69, 9.17) is 20.2 Å². The Morgan fingerprint density at radius 2 is 2.00 bits per heavy atom. The van der Waals surface area contributed by atoms with Gasteiger partial charge in [0.15, 0.2) is 4.96 Å². The lowest BCUT2D eigenvalue weighted by Crippen LogP contribution is -2.05. The van der Waals surface area contributed by atoms with Gasteiger partial charge in [-0.05, 0) is 31.5 Å². The summed E-state index contributed by atoms with van der Waals surface area (Å²) < 4.78 is 13.0. The molecule has 1 aromatic carbocycles. The monoisotopic (exact) mass is 331 g/mol. The summed E-state index contributed by atoms with van der Waals surface area (Å²) in [6, 6.07) is 5.72. The van der Waals surface area contributed by atoms with E-state index in [1.165, 1.54) is 10.6 Å². The summed E-state index contributed by atoms with van der Waals surface area (Å²) in [5, 5.41) is 0. The number of hydrogen-bond donors (Lipinski definition) is 1. The number of nitrogens with two attached hydrogens (primary N) is 1. The molecule has 0 aliphatic heterocycles. The number of ether oxygens (including phenoxy) is 2. The molecule has 3 aromatic rings. The largest absolute Gasteiger partial charge is 0.497 e. The number of nitrogens with zero attached hydrogens (tertiary/aromatic N) is 2. The molecule has 0 amide bonds. The van der Waals surface area contributed by atoms with Gasteiger partial charge in [0.1, 0.15) is 11.5 Å². The predicted octanol–water partition coefficient (Wildman–Crippen LogP) is 3.41. The first-order chi connectivity index (χ1) is 11.1. The van der Waals surface area contributed by atoms with Crippen LogP contribution in [0.25, 0.3) is 16.2 Å². The molecule has 0 unspecified atom stereocenters. The summed E-state index contributed by atoms with van der Waals surface area (Å²) in [4.78, 5) is 7.09. The lowest BCUT2D eigenvalue weighted by atomic mass is 10.1. The molecule has 122 valence electrons. The first-order valence-electron chi connectivity index (χ1n) is 7.56. The lowest BCUT2D eigenvalue weighted by molar-refractivity contribution is 0.404. The average Bonchev–Trinajstić information content (AvgIpc) is 3.07. The van der Waals surface area contributed by atoms with E-state index < -0.39 is 0 Å². The fourth-order valence-electron chi connectivity index (χ4n) is 2.94. The molecule has 6 heteroatoms. The molecule has 0 atom stereocenters. The Morgan fingerprint density at radius 3 is 2.61 bits per heavy atom. The number of rotatable bonds is 5. The van der Waals surface area contributed by atoms with Crippen LogP contribution in [0.3, 0.4) is 0 Å². The molecule has 2 heterocycles. The van der Waals surface area contributed by atoms with Gasteiger partial charge in [0, 0.05) is 22.7 Å². The zero-order valence-corrected chi connectivity index (χ0v) is 14.7. The molecule has 2 N–H and O–H groups in total. The van der Waals surface area contributed by atoms with Crippen LogP contribution in [-0.2, 0) is 13.0 Å². The maximum absolute atomic E-state index is 6.07. The lowest BCUT2D eigenvalue weighted by Gasteiger charge is -2.10. The quantitative estimate of drug-likeness (QED) is 0.778. The number of hydrogen-bond acceptors (Lipinski definition) is 5. The van der Waals surface area contributed by atoms with Crippen molar-refractivity contribution in [1.29, 1.82) is 0 Å². The second-order valence-corrected chi connectivity index (χ2v) is 6.44.